The van der Waals surface area contributed by atoms with Crippen molar-refractivity contribution in [1.82, 2.24) is 14.9 Å². The van der Waals surface area contributed by atoms with E-state index in [-0.39, 0.29) is 12.0 Å². The molecular weight excluding hydrogens is 314 g/mol. The largest absolute Gasteiger partial charge is 0.480 e. The second-order valence-corrected chi connectivity index (χ2v) is 6.41. The van der Waals surface area contributed by atoms with Crippen molar-refractivity contribution in [2.45, 2.75) is 25.4 Å². The molecule has 7 heteroatoms. The van der Waals surface area contributed by atoms with Gasteiger partial charge < -0.3 is 14.4 Å². The third kappa shape index (κ3) is 4.19. The zero-order valence-electron chi connectivity index (χ0n) is 13.0. The number of piperidine rings is 1. The third-order valence-electron chi connectivity index (χ3n) is 3.72. The first-order valence-corrected chi connectivity index (χ1v) is 8.45. The molecule has 1 aliphatic heterocycles. The third-order valence-corrected chi connectivity index (χ3v) is 4.60. The number of carbonyl (C=O) groups excluding carboxylic acids is 1. The molecule has 1 fully saturated rings. The summed E-state index contributed by atoms with van der Waals surface area (Å²) in [5, 5.41) is 1.99. The fourth-order valence-electron chi connectivity index (χ4n) is 2.59. The molecule has 0 radical (unpaired) electrons. The molecule has 2 aromatic rings. The number of nitrogens with zero attached hydrogens (tertiary/aromatic N) is 3. The summed E-state index contributed by atoms with van der Waals surface area (Å²) in [6.07, 6.45) is 5.33. The maximum atomic E-state index is 12.4. The molecule has 6 nitrogen and oxygen atoms in total. The molecule has 0 saturated carbocycles. The standard InChI is InChI=1S/C16H19N3O3S/c1-21-14-9-17-10-15(18-14)22-12-4-2-6-19(11-12)16(20)8-13-5-3-7-23-13/h3,5,7,9-10,12H,2,4,6,8,11H2,1H3. The molecule has 0 aliphatic carbocycles. The van der Waals surface area contributed by atoms with E-state index >= 15 is 0 Å². The number of hydrogen-bond donors (Lipinski definition) is 0. The molecule has 0 N–H and O–H groups in total. The molecule has 3 rings (SSSR count). The van der Waals surface area contributed by atoms with Crippen molar-refractivity contribution in [1.29, 1.82) is 0 Å². The number of methoxy groups -OCH3 is 1. The Hall–Kier alpha value is -2.15. The SMILES string of the molecule is COc1cncc(OC2CCCN(C(=O)Cc3cccs3)C2)n1. The quantitative estimate of drug-likeness (QED) is 0.839. The van der Waals surface area contributed by atoms with Gasteiger partial charge in [-0.05, 0) is 24.3 Å². The number of likely N-dealkylation sites (tertiary alicyclic amines) is 1. The lowest BCUT2D eigenvalue weighted by atomic mass is 10.1. The van der Waals surface area contributed by atoms with Gasteiger partial charge in [0.1, 0.15) is 6.10 Å². The van der Waals surface area contributed by atoms with Gasteiger partial charge in [-0.25, -0.2) is 0 Å². The van der Waals surface area contributed by atoms with E-state index in [1.54, 1.807) is 24.6 Å². The molecule has 1 aliphatic rings. The highest BCUT2D eigenvalue weighted by Crippen LogP contribution is 2.19. The predicted molar refractivity (Wildman–Crippen MR) is 86.8 cm³/mol. The Kier molecular flexibility index (Phi) is 5.07. The molecule has 1 unspecified atom stereocenters. The molecular formula is C16H19N3O3S. The maximum absolute atomic E-state index is 12.4. The van der Waals surface area contributed by atoms with E-state index in [0.717, 1.165) is 24.3 Å². The highest BCUT2D eigenvalue weighted by atomic mass is 32.1. The van der Waals surface area contributed by atoms with Gasteiger partial charge in [0.05, 0.1) is 32.5 Å². The van der Waals surface area contributed by atoms with Crippen LogP contribution < -0.4 is 9.47 Å². The molecule has 23 heavy (non-hydrogen) atoms. The molecule has 0 spiro atoms. The van der Waals surface area contributed by atoms with Gasteiger partial charge in [0.2, 0.25) is 17.7 Å². The molecule has 122 valence electrons. The second-order valence-electron chi connectivity index (χ2n) is 5.38. The van der Waals surface area contributed by atoms with Gasteiger partial charge in [-0.3, -0.25) is 9.78 Å². The van der Waals surface area contributed by atoms with E-state index in [1.807, 2.05) is 22.4 Å². The van der Waals surface area contributed by atoms with E-state index in [4.69, 9.17) is 9.47 Å². The normalized spacial score (nSPS) is 17.8. The number of hydrogen-bond acceptors (Lipinski definition) is 6. The first kappa shape index (κ1) is 15.7. The van der Waals surface area contributed by atoms with Crippen molar-refractivity contribution >= 4 is 17.2 Å². The Labute approximate surface area is 139 Å². The second kappa shape index (κ2) is 7.41. The van der Waals surface area contributed by atoms with Gasteiger partial charge in [-0.15, -0.1) is 11.3 Å². The molecule has 1 atom stereocenters. The molecule has 3 heterocycles. The predicted octanol–water partition coefficient (Wildman–Crippen LogP) is 2.16. The summed E-state index contributed by atoms with van der Waals surface area (Å²) in [6, 6.07) is 3.96. The minimum Gasteiger partial charge on any atom is -0.480 e. The van der Waals surface area contributed by atoms with Gasteiger partial charge >= 0.3 is 0 Å². The Balaban J connectivity index is 1.58. The summed E-state index contributed by atoms with van der Waals surface area (Å²) >= 11 is 1.61. The zero-order chi connectivity index (χ0) is 16.1. The number of aromatic nitrogens is 2. The fraction of sp³-hybridized carbons (Fsp3) is 0.438. The maximum Gasteiger partial charge on any atom is 0.235 e. The van der Waals surface area contributed by atoms with E-state index in [0.29, 0.717) is 24.7 Å². The van der Waals surface area contributed by atoms with Crippen molar-refractivity contribution in [3.8, 4) is 11.8 Å². The van der Waals surface area contributed by atoms with Gasteiger partial charge in [0, 0.05) is 11.4 Å². The average Bonchev–Trinajstić information content (AvgIpc) is 3.08. The summed E-state index contributed by atoms with van der Waals surface area (Å²) in [4.78, 5) is 23.6. The number of carbonyl (C=O) groups is 1. The summed E-state index contributed by atoms with van der Waals surface area (Å²) in [6.45, 7) is 1.37. The minimum absolute atomic E-state index is 0.0579. The van der Waals surface area contributed by atoms with Crippen LogP contribution in [0.3, 0.4) is 0 Å². The van der Waals surface area contributed by atoms with Crippen LogP contribution in [0.5, 0.6) is 11.8 Å². The van der Waals surface area contributed by atoms with E-state index in [9.17, 15) is 4.79 Å². The van der Waals surface area contributed by atoms with Gasteiger partial charge in [0.15, 0.2) is 0 Å². The monoisotopic (exact) mass is 333 g/mol. The van der Waals surface area contributed by atoms with E-state index in [2.05, 4.69) is 9.97 Å². The summed E-state index contributed by atoms with van der Waals surface area (Å²) in [5.74, 6) is 1.00. The lowest BCUT2D eigenvalue weighted by Gasteiger charge is -2.32. The Bertz CT molecular complexity index is 648. The Morgan fingerprint density at radius 2 is 2.30 bits per heavy atom. The summed E-state index contributed by atoms with van der Waals surface area (Å²) in [5.41, 5.74) is 0. The lowest BCUT2D eigenvalue weighted by Crippen LogP contribution is -2.45. The Morgan fingerprint density at radius 3 is 3.09 bits per heavy atom. The van der Waals surface area contributed by atoms with Crippen LogP contribution in [0.2, 0.25) is 0 Å². The summed E-state index contributed by atoms with van der Waals surface area (Å²) < 4.78 is 10.9. The number of thiophene rings is 1. The number of ether oxygens (including phenoxy) is 2. The van der Waals surface area contributed by atoms with Crippen LogP contribution in [-0.4, -0.2) is 47.1 Å². The fourth-order valence-corrected chi connectivity index (χ4v) is 3.29. The number of rotatable bonds is 5. The zero-order valence-corrected chi connectivity index (χ0v) is 13.8. The van der Waals surface area contributed by atoms with Gasteiger partial charge in [-0.1, -0.05) is 6.07 Å². The average molecular weight is 333 g/mol. The van der Waals surface area contributed by atoms with Crippen LogP contribution in [-0.2, 0) is 11.2 Å². The minimum atomic E-state index is -0.0579. The van der Waals surface area contributed by atoms with Crippen molar-refractivity contribution in [2.24, 2.45) is 0 Å². The van der Waals surface area contributed by atoms with Crippen LogP contribution in [0.25, 0.3) is 0 Å². The van der Waals surface area contributed by atoms with Crippen molar-refractivity contribution in [2.75, 3.05) is 20.2 Å². The Morgan fingerprint density at radius 1 is 1.43 bits per heavy atom. The van der Waals surface area contributed by atoms with Crippen LogP contribution >= 0.6 is 11.3 Å². The first-order chi connectivity index (χ1) is 11.2. The number of amides is 1. The molecule has 0 bridgehead atoms. The topological polar surface area (TPSA) is 64.6 Å². The molecule has 2 aromatic heterocycles. The molecule has 0 aromatic carbocycles. The van der Waals surface area contributed by atoms with Crippen molar-refractivity contribution in [3.63, 3.8) is 0 Å². The van der Waals surface area contributed by atoms with Crippen LogP contribution in [0.4, 0.5) is 0 Å². The molecule has 1 amide bonds. The first-order valence-electron chi connectivity index (χ1n) is 7.57. The van der Waals surface area contributed by atoms with E-state index < -0.39 is 0 Å². The highest BCUT2D eigenvalue weighted by molar-refractivity contribution is 7.10. The van der Waals surface area contributed by atoms with Gasteiger partial charge in [0.25, 0.3) is 0 Å². The summed E-state index contributed by atoms with van der Waals surface area (Å²) in [7, 11) is 1.54. The van der Waals surface area contributed by atoms with E-state index in [1.165, 1.54) is 6.20 Å². The highest BCUT2D eigenvalue weighted by Gasteiger charge is 2.25. The van der Waals surface area contributed by atoms with Gasteiger partial charge in [-0.2, -0.15) is 4.98 Å². The van der Waals surface area contributed by atoms with Crippen LogP contribution in [0, 0.1) is 0 Å². The smallest absolute Gasteiger partial charge is 0.235 e. The lowest BCUT2D eigenvalue weighted by molar-refractivity contribution is -0.133. The van der Waals surface area contributed by atoms with Crippen LogP contribution in [0.15, 0.2) is 29.9 Å². The van der Waals surface area contributed by atoms with Crippen molar-refractivity contribution in [3.05, 3.63) is 34.8 Å². The van der Waals surface area contributed by atoms with Crippen molar-refractivity contribution < 1.29 is 14.3 Å². The molecule has 1 saturated heterocycles. The van der Waals surface area contributed by atoms with Crippen LogP contribution in [0.1, 0.15) is 17.7 Å².